The summed E-state index contributed by atoms with van der Waals surface area (Å²) in [7, 11) is 3.12. The van der Waals surface area contributed by atoms with Crippen molar-refractivity contribution in [2.24, 2.45) is 5.73 Å². The fraction of sp³-hybridized carbons (Fsp3) is 0.364. The Kier molecular flexibility index (Phi) is 6.31. The van der Waals surface area contributed by atoms with Gasteiger partial charge >= 0.3 is 0 Å². The highest BCUT2D eigenvalue weighted by molar-refractivity contribution is 5.85. The van der Waals surface area contributed by atoms with Crippen molar-refractivity contribution in [2.45, 2.75) is 12.5 Å². The molecule has 5 heteroatoms. The summed E-state index contributed by atoms with van der Waals surface area (Å²) in [6.45, 7) is 0. The molecule has 1 atom stereocenters. The first-order valence-electron chi connectivity index (χ1n) is 4.58. The summed E-state index contributed by atoms with van der Waals surface area (Å²) in [5.74, 6) is 1.23. The van der Waals surface area contributed by atoms with Gasteiger partial charge in [0.05, 0.1) is 26.7 Å². The molecule has 0 saturated heterocycles. The second-order valence-electron chi connectivity index (χ2n) is 3.05. The number of rotatable bonds is 4. The van der Waals surface area contributed by atoms with E-state index in [9.17, 15) is 0 Å². The first-order chi connectivity index (χ1) is 7.24. The molecule has 0 unspecified atom stereocenters. The van der Waals surface area contributed by atoms with E-state index in [4.69, 9.17) is 20.5 Å². The van der Waals surface area contributed by atoms with Crippen molar-refractivity contribution in [3.63, 3.8) is 0 Å². The molecule has 0 aromatic heterocycles. The summed E-state index contributed by atoms with van der Waals surface area (Å²) < 4.78 is 10.4. The van der Waals surface area contributed by atoms with Crippen molar-refractivity contribution >= 4 is 12.4 Å². The highest BCUT2D eigenvalue weighted by Crippen LogP contribution is 2.34. The number of halogens is 1. The standard InChI is InChI=1S/C11H14N2O2.ClH/c1-14-10-5-3-4-8(11(10)15-2)9(13)6-7-12;/h3-5,9H,6,13H2,1-2H3;1H/t9-;/m0./s1. The van der Waals surface area contributed by atoms with Gasteiger partial charge in [0.15, 0.2) is 11.5 Å². The minimum absolute atomic E-state index is 0. The predicted octanol–water partition coefficient (Wildman–Crippen LogP) is 2.04. The molecule has 0 radical (unpaired) electrons. The average Bonchev–Trinajstić information content (AvgIpc) is 2.28. The minimum atomic E-state index is -0.347. The molecule has 1 aromatic rings. The molecule has 2 N–H and O–H groups in total. The zero-order chi connectivity index (χ0) is 11.3. The lowest BCUT2D eigenvalue weighted by Gasteiger charge is -2.15. The third kappa shape index (κ3) is 3.02. The highest BCUT2D eigenvalue weighted by atomic mass is 35.5. The van der Waals surface area contributed by atoms with Crippen LogP contribution in [0.4, 0.5) is 0 Å². The first kappa shape index (κ1) is 14.6. The molecule has 0 bridgehead atoms. The van der Waals surface area contributed by atoms with E-state index in [1.54, 1.807) is 20.3 Å². The third-order valence-corrected chi connectivity index (χ3v) is 2.14. The molecule has 88 valence electrons. The molecule has 0 heterocycles. The second kappa shape index (κ2) is 6.94. The van der Waals surface area contributed by atoms with E-state index in [0.29, 0.717) is 11.5 Å². The fourth-order valence-corrected chi connectivity index (χ4v) is 1.41. The molecule has 0 aliphatic heterocycles. The fourth-order valence-electron chi connectivity index (χ4n) is 1.41. The Morgan fingerprint density at radius 2 is 2.06 bits per heavy atom. The Hall–Kier alpha value is -1.44. The molecule has 0 aliphatic carbocycles. The number of ether oxygens (including phenoxy) is 2. The number of methoxy groups -OCH3 is 2. The highest BCUT2D eigenvalue weighted by Gasteiger charge is 2.15. The van der Waals surface area contributed by atoms with E-state index in [2.05, 4.69) is 0 Å². The van der Waals surface area contributed by atoms with Crippen LogP contribution in [-0.2, 0) is 0 Å². The quantitative estimate of drug-likeness (QED) is 0.877. The second-order valence-corrected chi connectivity index (χ2v) is 3.05. The van der Waals surface area contributed by atoms with E-state index in [0.717, 1.165) is 5.56 Å². The van der Waals surface area contributed by atoms with E-state index in [1.807, 2.05) is 18.2 Å². The van der Waals surface area contributed by atoms with Gasteiger partial charge in [0.25, 0.3) is 0 Å². The topological polar surface area (TPSA) is 68.3 Å². The van der Waals surface area contributed by atoms with Crippen molar-refractivity contribution < 1.29 is 9.47 Å². The zero-order valence-corrected chi connectivity index (χ0v) is 10.1. The van der Waals surface area contributed by atoms with E-state index in [1.165, 1.54) is 0 Å². The minimum Gasteiger partial charge on any atom is -0.493 e. The van der Waals surface area contributed by atoms with Gasteiger partial charge in [-0.1, -0.05) is 12.1 Å². The van der Waals surface area contributed by atoms with E-state index in [-0.39, 0.29) is 24.9 Å². The summed E-state index contributed by atoms with van der Waals surface area (Å²) >= 11 is 0. The Labute approximate surface area is 101 Å². The van der Waals surface area contributed by atoms with Gasteiger partial charge in [0.1, 0.15) is 0 Å². The van der Waals surface area contributed by atoms with Crippen molar-refractivity contribution in [1.82, 2.24) is 0 Å². The van der Waals surface area contributed by atoms with Gasteiger partial charge in [-0.2, -0.15) is 5.26 Å². The number of benzene rings is 1. The number of nitrogens with zero attached hydrogens (tertiary/aromatic N) is 1. The summed E-state index contributed by atoms with van der Waals surface area (Å²) in [5.41, 5.74) is 6.64. The predicted molar refractivity (Wildman–Crippen MR) is 64.0 cm³/mol. The largest absolute Gasteiger partial charge is 0.493 e. The third-order valence-electron chi connectivity index (χ3n) is 2.14. The van der Waals surface area contributed by atoms with Crippen LogP contribution in [0.25, 0.3) is 0 Å². The smallest absolute Gasteiger partial charge is 0.165 e. The molecular weight excluding hydrogens is 228 g/mol. The van der Waals surface area contributed by atoms with Crippen LogP contribution in [0.5, 0.6) is 11.5 Å². The van der Waals surface area contributed by atoms with Crippen molar-refractivity contribution in [1.29, 1.82) is 5.26 Å². The van der Waals surface area contributed by atoms with Gasteiger partial charge in [-0.15, -0.1) is 12.4 Å². The lowest BCUT2D eigenvalue weighted by Crippen LogP contribution is -2.11. The molecule has 16 heavy (non-hydrogen) atoms. The number of hydrogen-bond donors (Lipinski definition) is 1. The molecule has 0 amide bonds. The van der Waals surface area contributed by atoms with Crippen LogP contribution in [0.2, 0.25) is 0 Å². The summed E-state index contributed by atoms with van der Waals surface area (Å²) in [5, 5.41) is 8.59. The molecule has 1 aromatic carbocycles. The molecule has 4 nitrogen and oxygen atoms in total. The lowest BCUT2D eigenvalue weighted by molar-refractivity contribution is 0.349. The maximum Gasteiger partial charge on any atom is 0.165 e. The van der Waals surface area contributed by atoms with Gasteiger partial charge in [0.2, 0.25) is 0 Å². The molecular formula is C11H15ClN2O2. The number of nitriles is 1. The summed E-state index contributed by atoms with van der Waals surface area (Å²) in [4.78, 5) is 0. The molecule has 0 fully saturated rings. The Morgan fingerprint density at radius 3 is 2.56 bits per heavy atom. The average molecular weight is 243 g/mol. The maximum absolute atomic E-state index is 8.59. The van der Waals surface area contributed by atoms with Crippen LogP contribution < -0.4 is 15.2 Å². The Morgan fingerprint density at radius 1 is 1.38 bits per heavy atom. The lowest BCUT2D eigenvalue weighted by atomic mass is 10.0. The van der Waals surface area contributed by atoms with Gasteiger partial charge in [-0.3, -0.25) is 0 Å². The van der Waals surface area contributed by atoms with Gasteiger partial charge in [-0.25, -0.2) is 0 Å². The van der Waals surface area contributed by atoms with Gasteiger partial charge in [0, 0.05) is 11.6 Å². The summed E-state index contributed by atoms with van der Waals surface area (Å²) in [6, 6.07) is 7.14. The molecule has 0 spiro atoms. The summed E-state index contributed by atoms with van der Waals surface area (Å²) in [6.07, 6.45) is 0.253. The zero-order valence-electron chi connectivity index (χ0n) is 9.27. The van der Waals surface area contributed by atoms with E-state index >= 15 is 0 Å². The maximum atomic E-state index is 8.59. The van der Waals surface area contributed by atoms with E-state index < -0.39 is 0 Å². The van der Waals surface area contributed by atoms with Gasteiger partial charge in [-0.05, 0) is 6.07 Å². The van der Waals surface area contributed by atoms with Gasteiger partial charge < -0.3 is 15.2 Å². The van der Waals surface area contributed by atoms with Crippen molar-refractivity contribution in [3.8, 4) is 17.6 Å². The SMILES string of the molecule is COc1cccc([C@@H](N)CC#N)c1OC.Cl. The van der Waals surface area contributed by atoms with Crippen molar-refractivity contribution in [2.75, 3.05) is 14.2 Å². The van der Waals surface area contributed by atoms with Crippen LogP contribution in [-0.4, -0.2) is 14.2 Å². The molecule has 0 saturated carbocycles. The normalized spacial score (nSPS) is 10.9. The monoisotopic (exact) mass is 242 g/mol. The number of nitrogens with two attached hydrogens (primary N) is 1. The van der Waals surface area contributed by atoms with Crippen LogP contribution in [0.3, 0.4) is 0 Å². The van der Waals surface area contributed by atoms with Crippen LogP contribution in [0.1, 0.15) is 18.0 Å². The Balaban J connectivity index is 0.00000225. The first-order valence-corrected chi connectivity index (χ1v) is 4.58. The number of para-hydroxylation sites is 1. The molecule has 1 rings (SSSR count). The molecule has 0 aliphatic rings. The van der Waals surface area contributed by atoms with Crippen LogP contribution >= 0.6 is 12.4 Å². The van der Waals surface area contributed by atoms with Crippen LogP contribution in [0.15, 0.2) is 18.2 Å². The number of hydrogen-bond acceptors (Lipinski definition) is 4. The van der Waals surface area contributed by atoms with Crippen molar-refractivity contribution in [3.05, 3.63) is 23.8 Å². The van der Waals surface area contributed by atoms with Crippen LogP contribution in [0, 0.1) is 11.3 Å². The Bertz CT molecular complexity index is 377.